The van der Waals surface area contributed by atoms with E-state index in [0.717, 1.165) is 31.7 Å². The van der Waals surface area contributed by atoms with Gasteiger partial charge in [-0.3, -0.25) is 4.79 Å². The predicted molar refractivity (Wildman–Crippen MR) is 92.1 cm³/mol. The largest absolute Gasteiger partial charge is 0.426 e. The van der Waals surface area contributed by atoms with Crippen molar-refractivity contribution in [3.63, 3.8) is 0 Å². The van der Waals surface area contributed by atoms with Gasteiger partial charge in [0.1, 0.15) is 11.6 Å². The van der Waals surface area contributed by atoms with Gasteiger partial charge in [0, 0.05) is 17.7 Å². The van der Waals surface area contributed by atoms with Gasteiger partial charge in [0.25, 0.3) is 0 Å². The van der Waals surface area contributed by atoms with E-state index >= 15 is 0 Å². The Balaban J connectivity index is 1.90. The molecule has 0 amide bonds. The molecule has 0 bridgehead atoms. The van der Waals surface area contributed by atoms with E-state index in [-0.39, 0.29) is 23.3 Å². The molecule has 1 fully saturated rings. The Labute approximate surface area is 151 Å². The molecule has 1 saturated carbocycles. The number of allylic oxidation sites excluding steroid dienone is 1. The maximum Gasteiger partial charge on any atom is 0.409 e. The van der Waals surface area contributed by atoms with Gasteiger partial charge in [-0.25, -0.2) is 4.39 Å². The topological polar surface area (TPSA) is 26.3 Å². The molecule has 26 heavy (non-hydrogen) atoms. The van der Waals surface area contributed by atoms with Gasteiger partial charge in [-0.05, 0) is 49.8 Å². The number of unbranched alkanes of at least 4 members (excludes halogenated alkanes) is 1. The summed E-state index contributed by atoms with van der Waals surface area (Å²) >= 11 is 0. The second-order valence-corrected chi connectivity index (χ2v) is 6.84. The molecule has 0 radical (unpaired) electrons. The van der Waals surface area contributed by atoms with Crippen LogP contribution in [0.2, 0.25) is 0 Å². The molecule has 1 aliphatic carbocycles. The highest BCUT2D eigenvalue weighted by atomic mass is 19.4. The van der Waals surface area contributed by atoms with Gasteiger partial charge in [-0.15, -0.1) is 0 Å². The Kier molecular flexibility index (Phi) is 7.23. The zero-order chi connectivity index (χ0) is 19.2. The van der Waals surface area contributed by atoms with Crippen molar-refractivity contribution < 1.29 is 27.1 Å². The van der Waals surface area contributed by atoms with Gasteiger partial charge in [0.2, 0.25) is 0 Å². The molecule has 2 rings (SSSR count). The Hall–Kier alpha value is -1.85. The van der Waals surface area contributed by atoms with Crippen LogP contribution >= 0.6 is 0 Å². The van der Waals surface area contributed by atoms with Crippen molar-refractivity contribution in [3.8, 4) is 5.75 Å². The van der Waals surface area contributed by atoms with Crippen molar-refractivity contribution in [2.75, 3.05) is 0 Å². The summed E-state index contributed by atoms with van der Waals surface area (Å²) in [6, 6.07) is 3.42. The Bertz CT molecular complexity index is 629. The lowest BCUT2D eigenvalue weighted by Gasteiger charge is -2.27. The number of carbonyl (C=O) groups is 1. The Morgan fingerprint density at radius 1 is 1.23 bits per heavy atom. The highest BCUT2D eigenvalue weighted by Crippen LogP contribution is 2.33. The number of hydrogen-bond donors (Lipinski definition) is 0. The van der Waals surface area contributed by atoms with Crippen LogP contribution in [0.3, 0.4) is 0 Å². The van der Waals surface area contributed by atoms with Crippen LogP contribution in [0.5, 0.6) is 5.75 Å². The number of hydrogen-bond acceptors (Lipinski definition) is 2. The summed E-state index contributed by atoms with van der Waals surface area (Å²) in [4.78, 5) is 12.2. The number of esters is 1. The lowest BCUT2D eigenvalue weighted by molar-refractivity contribution is -0.140. The second-order valence-electron chi connectivity index (χ2n) is 6.84. The summed E-state index contributed by atoms with van der Waals surface area (Å²) in [6.45, 7) is 2.16. The van der Waals surface area contributed by atoms with Gasteiger partial charge in [0.05, 0.1) is 5.92 Å². The van der Waals surface area contributed by atoms with Crippen molar-refractivity contribution in [1.29, 1.82) is 0 Å². The number of rotatable bonds is 6. The number of halogens is 4. The number of ether oxygens (including phenoxy) is 1. The molecule has 0 heterocycles. The normalized spacial score (nSPS) is 21.1. The maximum atomic E-state index is 13.9. The number of benzene rings is 1. The molecule has 0 atom stereocenters. The van der Waals surface area contributed by atoms with E-state index in [1.54, 1.807) is 0 Å². The zero-order valence-corrected chi connectivity index (χ0v) is 14.8. The average Bonchev–Trinajstić information content (AvgIpc) is 2.59. The summed E-state index contributed by atoms with van der Waals surface area (Å²) in [7, 11) is 0. The molecule has 1 aromatic rings. The fraction of sp³-hybridized carbons (Fsp3) is 0.550. The quantitative estimate of drug-likeness (QED) is 0.333. The predicted octanol–water partition coefficient (Wildman–Crippen LogP) is 6.30. The highest BCUT2D eigenvalue weighted by Gasteiger charge is 2.27. The summed E-state index contributed by atoms with van der Waals surface area (Å²) in [6.07, 6.45) is 3.20. The van der Waals surface area contributed by atoms with Crippen LogP contribution < -0.4 is 4.74 Å². The minimum atomic E-state index is -4.51. The molecule has 1 aromatic carbocycles. The summed E-state index contributed by atoms with van der Waals surface area (Å²) < 4.78 is 55.5. The van der Waals surface area contributed by atoms with Crippen molar-refractivity contribution in [2.45, 2.75) is 58.0 Å². The van der Waals surface area contributed by atoms with Crippen LogP contribution in [0, 0.1) is 17.7 Å². The molecule has 144 valence electrons. The van der Waals surface area contributed by atoms with E-state index in [9.17, 15) is 22.4 Å². The van der Waals surface area contributed by atoms with Crippen LogP contribution in [0.4, 0.5) is 17.6 Å². The molecule has 0 aromatic heterocycles. The van der Waals surface area contributed by atoms with Crippen LogP contribution in [-0.2, 0) is 4.79 Å². The SMILES string of the molecule is CCCCC1CCC(C(=O)Oc2ccc(/C=C/C(F)(F)F)c(F)c2)CC1. The molecule has 0 N–H and O–H groups in total. The van der Waals surface area contributed by atoms with Crippen molar-refractivity contribution in [3.05, 3.63) is 35.7 Å². The summed E-state index contributed by atoms with van der Waals surface area (Å²) in [5, 5.41) is 0. The lowest BCUT2D eigenvalue weighted by Crippen LogP contribution is -2.25. The van der Waals surface area contributed by atoms with Gasteiger partial charge in [-0.2, -0.15) is 13.2 Å². The second kappa shape index (κ2) is 9.19. The zero-order valence-electron chi connectivity index (χ0n) is 14.8. The standard InChI is InChI=1S/C20H24F4O2/c1-2-3-4-14-5-7-16(8-6-14)19(25)26-17-10-9-15(18(21)13-17)11-12-20(22,23)24/h9-14,16H,2-8H2,1H3/b12-11+. The van der Waals surface area contributed by atoms with Crippen LogP contribution in [0.25, 0.3) is 6.08 Å². The van der Waals surface area contributed by atoms with Crippen molar-refractivity contribution in [1.82, 2.24) is 0 Å². The minimum Gasteiger partial charge on any atom is -0.426 e. The van der Waals surface area contributed by atoms with Crippen LogP contribution in [0.15, 0.2) is 24.3 Å². The first-order valence-electron chi connectivity index (χ1n) is 9.05. The van der Waals surface area contributed by atoms with Gasteiger partial charge in [-0.1, -0.05) is 26.2 Å². The Morgan fingerprint density at radius 3 is 2.50 bits per heavy atom. The van der Waals surface area contributed by atoms with Crippen molar-refractivity contribution in [2.24, 2.45) is 11.8 Å². The molecule has 0 saturated heterocycles. The summed E-state index contributed by atoms with van der Waals surface area (Å²) in [5.74, 6) is -0.766. The highest BCUT2D eigenvalue weighted by molar-refractivity contribution is 5.75. The fourth-order valence-electron chi connectivity index (χ4n) is 3.27. The van der Waals surface area contributed by atoms with Crippen molar-refractivity contribution >= 4 is 12.0 Å². The number of carbonyl (C=O) groups excluding carboxylic acids is 1. The lowest BCUT2D eigenvalue weighted by atomic mass is 9.80. The smallest absolute Gasteiger partial charge is 0.409 e. The fourth-order valence-corrected chi connectivity index (χ4v) is 3.27. The first kappa shape index (κ1) is 20.5. The van der Waals surface area contributed by atoms with Gasteiger partial charge in [0.15, 0.2) is 0 Å². The van der Waals surface area contributed by atoms with Gasteiger partial charge < -0.3 is 4.74 Å². The van der Waals surface area contributed by atoms with E-state index in [4.69, 9.17) is 4.74 Å². The van der Waals surface area contributed by atoms with E-state index in [2.05, 4.69) is 6.92 Å². The van der Waals surface area contributed by atoms with E-state index in [0.29, 0.717) is 12.0 Å². The van der Waals surface area contributed by atoms with E-state index < -0.39 is 18.0 Å². The maximum absolute atomic E-state index is 13.9. The first-order chi connectivity index (χ1) is 12.3. The molecule has 0 aliphatic heterocycles. The third-order valence-corrected chi connectivity index (χ3v) is 4.79. The summed E-state index contributed by atoms with van der Waals surface area (Å²) in [5.41, 5.74) is -0.210. The van der Waals surface area contributed by atoms with Crippen LogP contribution in [-0.4, -0.2) is 12.1 Å². The monoisotopic (exact) mass is 372 g/mol. The molecule has 0 spiro atoms. The van der Waals surface area contributed by atoms with Gasteiger partial charge >= 0.3 is 12.1 Å². The molecule has 1 aliphatic rings. The molecular weight excluding hydrogens is 348 g/mol. The molecule has 0 unspecified atom stereocenters. The minimum absolute atomic E-state index is 0.0183. The van der Waals surface area contributed by atoms with E-state index in [1.165, 1.54) is 31.4 Å². The number of alkyl halides is 3. The Morgan fingerprint density at radius 2 is 1.92 bits per heavy atom. The van der Waals surface area contributed by atoms with Crippen LogP contribution in [0.1, 0.15) is 57.4 Å². The van der Waals surface area contributed by atoms with E-state index in [1.807, 2.05) is 0 Å². The third-order valence-electron chi connectivity index (χ3n) is 4.79. The molecular formula is C20H24F4O2. The third kappa shape index (κ3) is 6.46. The molecule has 6 heteroatoms. The molecule has 2 nitrogen and oxygen atoms in total. The average molecular weight is 372 g/mol. The first-order valence-corrected chi connectivity index (χ1v) is 9.05.